The van der Waals surface area contributed by atoms with E-state index in [1.54, 1.807) is 7.11 Å². The standard InChI is InChI=1S/C14H20BrNO/c1-10(11-3-4-11)8-16-9-12-7-13(15)5-6-14(12)17-2/h5-7,10-11,16H,3-4,8-9H2,1-2H3. The molecule has 1 aromatic carbocycles. The third-order valence-electron chi connectivity index (χ3n) is 3.45. The minimum atomic E-state index is 0.799. The number of nitrogens with one attached hydrogen (secondary N) is 1. The molecule has 0 radical (unpaired) electrons. The Labute approximate surface area is 112 Å². The van der Waals surface area contributed by atoms with Gasteiger partial charge in [-0.3, -0.25) is 0 Å². The van der Waals surface area contributed by atoms with Gasteiger partial charge in [-0.1, -0.05) is 22.9 Å². The fourth-order valence-electron chi connectivity index (χ4n) is 2.15. The highest BCUT2D eigenvalue weighted by Crippen LogP contribution is 2.36. The minimum Gasteiger partial charge on any atom is -0.496 e. The molecule has 1 aliphatic carbocycles. The Kier molecular flexibility index (Phi) is 4.46. The third kappa shape index (κ3) is 3.71. The second-order valence-corrected chi connectivity index (χ2v) is 5.82. The molecule has 17 heavy (non-hydrogen) atoms. The molecule has 94 valence electrons. The van der Waals surface area contributed by atoms with Gasteiger partial charge < -0.3 is 10.1 Å². The van der Waals surface area contributed by atoms with Gasteiger partial charge >= 0.3 is 0 Å². The van der Waals surface area contributed by atoms with E-state index >= 15 is 0 Å². The highest BCUT2D eigenvalue weighted by Gasteiger charge is 2.27. The van der Waals surface area contributed by atoms with Crippen LogP contribution >= 0.6 is 15.9 Å². The number of hydrogen-bond donors (Lipinski definition) is 1. The zero-order valence-electron chi connectivity index (χ0n) is 10.5. The van der Waals surface area contributed by atoms with Crippen molar-refractivity contribution in [3.05, 3.63) is 28.2 Å². The molecule has 1 N–H and O–H groups in total. The van der Waals surface area contributed by atoms with Crippen LogP contribution < -0.4 is 10.1 Å². The normalized spacial score (nSPS) is 16.9. The van der Waals surface area contributed by atoms with Gasteiger partial charge in [0.1, 0.15) is 5.75 Å². The van der Waals surface area contributed by atoms with Crippen LogP contribution in [0.4, 0.5) is 0 Å². The summed E-state index contributed by atoms with van der Waals surface area (Å²) >= 11 is 3.50. The molecule has 3 heteroatoms. The lowest BCUT2D eigenvalue weighted by Gasteiger charge is -2.13. The molecule has 0 saturated heterocycles. The van der Waals surface area contributed by atoms with Crippen molar-refractivity contribution in [1.82, 2.24) is 5.32 Å². The number of rotatable bonds is 6. The van der Waals surface area contributed by atoms with Gasteiger partial charge in [0.2, 0.25) is 0 Å². The van der Waals surface area contributed by atoms with Gasteiger partial charge in [0.05, 0.1) is 7.11 Å². The molecule has 0 amide bonds. The summed E-state index contributed by atoms with van der Waals surface area (Å²) in [5, 5.41) is 3.52. The van der Waals surface area contributed by atoms with Gasteiger partial charge in [0.15, 0.2) is 0 Å². The highest BCUT2D eigenvalue weighted by atomic mass is 79.9. The van der Waals surface area contributed by atoms with E-state index in [1.807, 2.05) is 12.1 Å². The van der Waals surface area contributed by atoms with Gasteiger partial charge in [-0.2, -0.15) is 0 Å². The first-order valence-corrected chi connectivity index (χ1v) is 7.03. The Morgan fingerprint density at radius 3 is 2.88 bits per heavy atom. The maximum Gasteiger partial charge on any atom is 0.123 e. The lowest BCUT2D eigenvalue weighted by atomic mass is 10.1. The molecule has 1 aliphatic rings. The van der Waals surface area contributed by atoms with E-state index in [-0.39, 0.29) is 0 Å². The smallest absolute Gasteiger partial charge is 0.123 e. The number of hydrogen-bond acceptors (Lipinski definition) is 2. The summed E-state index contributed by atoms with van der Waals surface area (Å²) in [6, 6.07) is 6.13. The fourth-order valence-corrected chi connectivity index (χ4v) is 2.56. The average molecular weight is 298 g/mol. The maximum atomic E-state index is 5.36. The lowest BCUT2D eigenvalue weighted by molar-refractivity contribution is 0.404. The monoisotopic (exact) mass is 297 g/mol. The number of methoxy groups -OCH3 is 1. The van der Waals surface area contributed by atoms with Crippen molar-refractivity contribution in [2.75, 3.05) is 13.7 Å². The van der Waals surface area contributed by atoms with Crippen molar-refractivity contribution in [2.24, 2.45) is 11.8 Å². The van der Waals surface area contributed by atoms with Crippen LogP contribution in [-0.2, 0) is 6.54 Å². The Bertz CT molecular complexity index is 376. The second-order valence-electron chi connectivity index (χ2n) is 4.90. The fraction of sp³-hybridized carbons (Fsp3) is 0.571. The average Bonchev–Trinajstić information content (AvgIpc) is 3.13. The van der Waals surface area contributed by atoms with Crippen LogP contribution in [0.15, 0.2) is 22.7 Å². The van der Waals surface area contributed by atoms with Gasteiger partial charge in [-0.05, 0) is 49.4 Å². The van der Waals surface area contributed by atoms with Crippen LogP contribution in [-0.4, -0.2) is 13.7 Å². The SMILES string of the molecule is COc1ccc(Br)cc1CNCC(C)C1CC1. The van der Waals surface area contributed by atoms with Crippen molar-refractivity contribution < 1.29 is 4.74 Å². The summed E-state index contributed by atoms with van der Waals surface area (Å²) < 4.78 is 6.46. The first kappa shape index (κ1) is 12.9. The Morgan fingerprint density at radius 2 is 2.24 bits per heavy atom. The van der Waals surface area contributed by atoms with Crippen LogP contribution in [0.5, 0.6) is 5.75 Å². The molecule has 0 aromatic heterocycles. The number of halogens is 1. The third-order valence-corrected chi connectivity index (χ3v) is 3.94. The summed E-state index contributed by atoms with van der Waals surface area (Å²) in [4.78, 5) is 0. The zero-order chi connectivity index (χ0) is 12.3. The molecule has 0 bridgehead atoms. The largest absolute Gasteiger partial charge is 0.496 e. The molecule has 0 spiro atoms. The zero-order valence-corrected chi connectivity index (χ0v) is 12.1. The first-order chi connectivity index (χ1) is 8.20. The molecule has 1 fully saturated rings. The van der Waals surface area contributed by atoms with E-state index < -0.39 is 0 Å². The topological polar surface area (TPSA) is 21.3 Å². The Hall–Kier alpha value is -0.540. The van der Waals surface area contributed by atoms with Crippen molar-refractivity contribution >= 4 is 15.9 Å². The molecular weight excluding hydrogens is 278 g/mol. The van der Waals surface area contributed by atoms with Crippen LogP contribution in [0.2, 0.25) is 0 Å². The Morgan fingerprint density at radius 1 is 1.47 bits per heavy atom. The van der Waals surface area contributed by atoms with Gasteiger partial charge in [-0.25, -0.2) is 0 Å². The molecule has 1 unspecified atom stereocenters. The molecule has 0 heterocycles. The van der Waals surface area contributed by atoms with Crippen molar-refractivity contribution in [2.45, 2.75) is 26.3 Å². The highest BCUT2D eigenvalue weighted by molar-refractivity contribution is 9.10. The van der Waals surface area contributed by atoms with E-state index in [0.29, 0.717) is 0 Å². The maximum absolute atomic E-state index is 5.36. The molecular formula is C14H20BrNO. The molecule has 2 rings (SSSR count). The predicted octanol–water partition coefficient (Wildman–Crippen LogP) is 3.59. The number of benzene rings is 1. The van der Waals surface area contributed by atoms with Crippen molar-refractivity contribution in [3.63, 3.8) is 0 Å². The Balaban J connectivity index is 1.86. The van der Waals surface area contributed by atoms with Gasteiger partial charge in [-0.15, -0.1) is 0 Å². The van der Waals surface area contributed by atoms with Crippen LogP contribution in [0.25, 0.3) is 0 Å². The summed E-state index contributed by atoms with van der Waals surface area (Å²) in [5.74, 6) is 2.72. The van der Waals surface area contributed by atoms with Crippen LogP contribution in [0.1, 0.15) is 25.3 Å². The van der Waals surface area contributed by atoms with Gasteiger partial charge in [0.25, 0.3) is 0 Å². The summed E-state index contributed by atoms with van der Waals surface area (Å²) in [6.07, 6.45) is 2.84. The quantitative estimate of drug-likeness (QED) is 0.866. The van der Waals surface area contributed by atoms with E-state index in [4.69, 9.17) is 4.74 Å². The van der Waals surface area contributed by atoms with Gasteiger partial charge in [0, 0.05) is 16.6 Å². The van der Waals surface area contributed by atoms with E-state index in [2.05, 4.69) is 34.2 Å². The van der Waals surface area contributed by atoms with Crippen LogP contribution in [0, 0.1) is 11.8 Å². The molecule has 1 aromatic rings. The lowest BCUT2D eigenvalue weighted by Crippen LogP contribution is -2.22. The van der Waals surface area contributed by atoms with E-state index in [0.717, 1.165) is 35.1 Å². The summed E-state index contributed by atoms with van der Waals surface area (Å²) in [7, 11) is 1.72. The summed E-state index contributed by atoms with van der Waals surface area (Å²) in [6.45, 7) is 4.31. The number of ether oxygens (including phenoxy) is 1. The second kappa shape index (κ2) is 5.87. The summed E-state index contributed by atoms with van der Waals surface area (Å²) in [5.41, 5.74) is 1.21. The van der Waals surface area contributed by atoms with E-state index in [9.17, 15) is 0 Å². The van der Waals surface area contributed by atoms with Crippen LogP contribution in [0.3, 0.4) is 0 Å². The molecule has 1 saturated carbocycles. The first-order valence-electron chi connectivity index (χ1n) is 6.24. The molecule has 0 aliphatic heterocycles. The minimum absolute atomic E-state index is 0.799. The molecule has 1 atom stereocenters. The molecule has 2 nitrogen and oxygen atoms in total. The predicted molar refractivity (Wildman–Crippen MR) is 74.3 cm³/mol. The van der Waals surface area contributed by atoms with E-state index in [1.165, 1.54) is 18.4 Å². The van der Waals surface area contributed by atoms with Crippen molar-refractivity contribution in [3.8, 4) is 5.75 Å². The van der Waals surface area contributed by atoms with Crippen molar-refractivity contribution in [1.29, 1.82) is 0 Å².